The summed E-state index contributed by atoms with van der Waals surface area (Å²) in [6.45, 7) is 0. The summed E-state index contributed by atoms with van der Waals surface area (Å²) < 4.78 is 0. The number of pyridine rings is 2. The zero-order chi connectivity index (χ0) is 46.6. The predicted molar refractivity (Wildman–Crippen MR) is 294 cm³/mol. The molecule has 0 atom stereocenters. The van der Waals surface area contributed by atoms with Crippen molar-refractivity contribution >= 4 is 10.8 Å². The fourth-order valence-electron chi connectivity index (χ4n) is 9.77. The molecule has 0 spiro atoms. The minimum atomic E-state index is 0.889. The summed E-state index contributed by atoms with van der Waals surface area (Å²) in [4.78, 5) is 10.5. The van der Waals surface area contributed by atoms with Crippen LogP contribution >= 0.6 is 0 Å². The van der Waals surface area contributed by atoms with Crippen molar-refractivity contribution in [3.8, 4) is 112 Å². The third-order valence-electron chi connectivity index (χ3n) is 13.3. The van der Waals surface area contributed by atoms with Crippen LogP contribution in [0.25, 0.3) is 122 Å². The first kappa shape index (κ1) is 42.1. The van der Waals surface area contributed by atoms with E-state index in [0.29, 0.717) is 0 Å². The second-order valence-electron chi connectivity index (χ2n) is 17.8. The standard InChI is InChI=1S/C68H46N2/c1-5-19-47(20-6-1)56-39-57(48-21-7-2-8-22-48)41-59(40-56)52-28-17-30-54(37-52)66-45-60(53-29-18-31-55(38-53)68-65-34-14-13-27-51(65)35-36-69-68)46-67(70-66)62-43-58(49-23-9-3-10-24-49)42-61(44-62)64-33-16-15-32-63(64)50-25-11-4-12-26-50/h1-46H. The maximum Gasteiger partial charge on any atom is 0.0780 e. The van der Waals surface area contributed by atoms with Gasteiger partial charge < -0.3 is 0 Å². The van der Waals surface area contributed by atoms with E-state index in [-0.39, 0.29) is 0 Å². The molecule has 2 heteroatoms. The number of nitrogens with zero attached hydrogens (tertiary/aromatic N) is 2. The van der Waals surface area contributed by atoms with E-state index in [9.17, 15) is 0 Å². The molecule has 0 saturated heterocycles. The average molecular weight is 891 g/mol. The van der Waals surface area contributed by atoms with Gasteiger partial charge in [0.2, 0.25) is 0 Å². The van der Waals surface area contributed by atoms with Crippen LogP contribution in [-0.4, -0.2) is 9.97 Å². The highest BCUT2D eigenvalue weighted by Gasteiger charge is 2.17. The van der Waals surface area contributed by atoms with Crippen LogP contribution in [0, 0.1) is 0 Å². The van der Waals surface area contributed by atoms with E-state index in [1.165, 1.54) is 44.3 Å². The minimum absolute atomic E-state index is 0.889. The van der Waals surface area contributed by atoms with Gasteiger partial charge in [-0.25, -0.2) is 4.98 Å². The molecule has 0 aliphatic carbocycles. The monoisotopic (exact) mass is 890 g/mol. The summed E-state index contributed by atoms with van der Waals surface area (Å²) in [5.74, 6) is 0. The molecule has 0 N–H and O–H groups in total. The van der Waals surface area contributed by atoms with Crippen molar-refractivity contribution in [2.45, 2.75) is 0 Å². The molecule has 0 bridgehead atoms. The van der Waals surface area contributed by atoms with E-state index in [2.05, 4.69) is 273 Å². The number of fused-ring (bicyclic) bond motifs is 1. The van der Waals surface area contributed by atoms with Gasteiger partial charge in [-0.1, -0.05) is 206 Å². The summed E-state index contributed by atoms with van der Waals surface area (Å²) in [5, 5.41) is 2.29. The normalized spacial score (nSPS) is 11.1. The smallest absolute Gasteiger partial charge is 0.0780 e. The highest BCUT2D eigenvalue weighted by molar-refractivity contribution is 5.96. The zero-order valence-electron chi connectivity index (χ0n) is 38.5. The van der Waals surface area contributed by atoms with Crippen molar-refractivity contribution in [3.63, 3.8) is 0 Å². The van der Waals surface area contributed by atoms with E-state index in [4.69, 9.17) is 9.97 Å². The molecule has 0 unspecified atom stereocenters. The molecule has 10 aromatic carbocycles. The molecule has 0 aliphatic rings. The zero-order valence-corrected chi connectivity index (χ0v) is 38.5. The maximum absolute atomic E-state index is 5.62. The second-order valence-corrected chi connectivity index (χ2v) is 17.8. The van der Waals surface area contributed by atoms with E-state index >= 15 is 0 Å². The van der Waals surface area contributed by atoms with Crippen LogP contribution < -0.4 is 0 Å². The fourth-order valence-corrected chi connectivity index (χ4v) is 9.77. The number of rotatable bonds is 10. The molecule has 0 aliphatic heterocycles. The maximum atomic E-state index is 5.62. The van der Waals surface area contributed by atoms with Gasteiger partial charge in [-0.15, -0.1) is 0 Å². The van der Waals surface area contributed by atoms with Crippen LogP contribution in [0.3, 0.4) is 0 Å². The van der Waals surface area contributed by atoms with Gasteiger partial charge in [0.1, 0.15) is 0 Å². The Morgan fingerprint density at radius 1 is 0.214 bits per heavy atom. The molecule has 12 aromatic rings. The molecular weight excluding hydrogens is 845 g/mol. The van der Waals surface area contributed by atoms with Crippen molar-refractivity contribution in [2.24, 2.45) is 0 Å². The Balaban J connectivity index is 1.05. The first-order valence-electron chi connectivity index (χ1n) is 23.9. The van der Waals surface area contributed by atoms with Gasteiger partial charge in [0.25, 0.3) is 0 Å². The third kappa shape index (κ3) is 8.63. The fraction of sp³-hybridized carbons (Fsp3) is 0. The minimum Gasteiger partial charge on any atom is -0.256 e. The summed E-state index contributed by atoms with van der Waals surface area (Å²) in [6, 6.07) is 98.0. The van der Waals surface area contributed by atoms with Crippen molar-refractivity contribution in [1.82, 2.24) is 9.97 Å². The Hall–Kier alpha value is -9.24. The van der Waals surface area contributed by atoms with Crippen LogP contribution in [-0.2, 0) is 0 Å². The SMILES string of the molecule is c1ccc(-c2cc(-c3ccccc3)cc(-c3cccc(-c4cc(-c5cccc(-c6nccc7ccccc67)c5)cc(-c5cc(-c6ccccc6)cc(-c6ccccc6-c6ccccc6)c5)n4)c3)c2)cc1. The van der Waals surface area contributed by atoms with Gasteiger partial charge in [0, 0.05) is 28.3 Å². The average Bonchev–Trinajstić information content (AvgIpc) is 3.45. The van der Waals surface area contributed by atoms with Crippen molar-refractivity contribution in [3.05, 3.63) is 279 Å². The Kier molecular flexibility index (Phi) is 11.3. The lowest BCUT2D eigenvalue weighted by Crippen LogP contribution is -1.94. The molecule has 328 valence electrons. The van der Waals surface area contributed by atoms with Gasteiger partial charge in [-0.2, -0.15) is 0 Å². The van der Waals surface area contributed by atoms with Crippen LogP contribution in [0.15, 0.2) is 279 Å². The van der Waals surface area contributed by atoms with Gasteiger partial charge in [0.15, 0.2) is 0 Å². The van der Waals surface area contributed by atoms with Gasteiger partial charge >= 0.3 is 0 Å². The Morgan fingerprint density at radius 2 is 0.586 bits per heavy atom. The lowest BCUT2D eigenvalue weighted by molar-refractivity contribution is 1.32. The second kappa shape index (κ2) is 18.8. The molecule has 2 aromatic heterocycles. The highest BCUT2D eigenvalue weighted by Crippen LogP contribution is 2.41. The predicted octanol–water partition coefficient (Wildman–Crippen LogP) is 18.3. The first-order valence-corrected chi connectivity index (χ1v) is 23.9. The summed E-state index contributed by atoms with van der Waals surface area (Å²) in [7, 11) is 0. The molecule has 0 fully saturated rings. The largest absolute Gasteiger partial charge is 0.256 e. The molecule has 12 rings (SSSR count). The number of benzene rings is 10. The Morgan fingerprint density at radius 3 is 1.19 bits per heavy atom. The number of aromatic nitrogens is 2. The Bertz CT molecular complexity index is 3740. The molecule has 0 saturated carbocycles. The summed E-state index contributed by atoms with van der Waals surface area (Å²) >= 11 is 0. The Labute approximate surface area is 409 Å². The molecular formula is C68H46N2. The van der Waals surface area contributed by atoms with Crippen LogP contribution in [0.5, 0.6) is 0 Å². The van der Waals surface area contributed by atoms with Crippen LogP contribution in [0.2, 0.25) is 0 Å². The summed E-state index contributed by atoms with van der Waals surface area (Å²) in [5.41, 5.74) is 21.9. The molecule has 2 nitrogen and oxygen atoms in total. The lowest BCUT2D eigenvalue weighted by atomic mass is 9.90. The van der Waals surface area contributed by atoms with E-state index in [1.807, 2.05) is 6.20 Å². The quantitative estimate of drug-likeness (QED) is 0.137. The van der Waals surface area contributed by atoms with E-state index in [1.54, 1.807) is 0 Å². The van der Waals surface area contributed by atoms with Crippen molar-refractivity contribution in [2.75, 3.05) is 0 Å². The molecule has 70 heavy (non-hydrogen) atoms. The topological polar surface area (TPSA) is 25.8 Å². The summed E-state index contributed by atoms with van der Waals surface area (Å²) in [6.07, 6.45) is 1.91. The van der Waals surface area contributed by atoms with Gasteiger partial charge in [-0.3, -0.25) is 4.98 Å². The molecule has 2 heterocycles. The van der Waals surface area contributed by atoms with Crippen LogP contribution in [0.1, 0.15) is 0 Å². The third-order valence-corrected chi connectivity index (χ3v) is 13.3. The van der Waals surface area contributed by atoms with Gasteiger partial charge in [0.05, 0.1) is 17.1 Å². The first-order chi connectivity index (χ1) is 34.7. The van der Waals surface area contributed by atoms with Gasteiger partial charge in [-0.05, 0) is 150 Å². The number of hydrogen-bond donors (Lipinski definition) is 0. The molecule has 0 amide bonds. The lowest BCUT2D eigenvalue weighted by Gasteiger charge is -2.16. The van der Waals surface area contributed by atoms with E-state index < -0.39 is 0 Å². The number of hydrogen-bond acceptors (Lipinski definition) is 2. The highest BCUT2D eigenvalue weighted by atomic mass is 14.7. The van der Waals surface area contributed by atoms with Crippen molar-refractivity contribution in [1.29, 1.82) is 0 Å². The molecule has 0 radical (unpaired) electrons. The van der Waals surface area contributed by atoms with Crippen molar-refractivity contribution < 1.29 is 0 Å². The van der Waals surface area contributed by atoms with Crippen LogP contribution in [0.4, 0.5) is 0 Å². The van der Waals surface area contributed by atoms with E-state index in [0.717, 1.165) is 78.1 Å².